The van der Waals surface area contributed by atoms with Gasteiger partial charge < -0.3 is 10.1 Å². The Morgan fingerprint density at radius 1 is 1.15 bits per heavy atom. The number of carbonyl (C=O) groups excluding carboxylic acids is 2. The van der Waals surface area contributed by atoms with E-state index in [1.807, 2.05) is 62.5 Å². The zero-order valence-electron chi connectivity index (χ0n) is 19.0. The number of ether oxygens (including phenoxy) is 1. The van der Waals surface area contributed by atoms with Crippen LogP contribution in [0, 0.1) is 6.92 Å². The first-order valence-electron chi connectivity index (χ1n) is 10.6. The van der Waals surface area contributed by atoms with E-state index in [0.717, 1.165) is 16.7 Å². The molecule has 0 aliphatic carbocycles. The van der Waals surface area contributed by atoms with Crippen LogP contribution < -0.4 is 10.9 Å². The number of thiophene rings is 1. The van der Waals surface area contributed by atoms with Crippen molar-refractivity contribution in [1.29, 1.82) is 0 Å². The monoisotopic (exact) mass is 473 g/mol. The molecule has 34 heavy (non-hydrogen) atoms. The number of rotatable bonds is 6. The van der Waals surface area contributed by atoms with Crippen LogP contribution in [0.4, 0.5) is 5.00 Å². The normalized spacial score (nSPS) is 10.7. The van der Waals surface area contributed by atoms with Gasteiger partial charge in [-0.25, -0.2) is 9.78 Å². The molecule has 0 saturated carbocycles. The topological polar surface area (TPSA) is 89.8 Å². The van der Waals surface area contributed by atoms with Gasteiger partial charge in [0, 0.05) is 29.3 Å². The lowest BCUT2D eigenvalue weighted by atomic mass is 10.0. The summed E-state index contributed by atoms with van der Waals surface area (Å²) >= 11 is 1.25. The molecule has 1 amide bonds. The summed E-state index contributed by atoms with van der Waals surface area (Å²) in [5.74, 6) is -0.936. The number of fused-ring (bicyclic) bond motifs is 1. The zero-order chi connectivity index (χ0) is 24.2. The number of esters is 1. The van der Waals surface area contributed by atoms with Crippen LogP contribution in [0.1, 0.15) is 35.5 Å². The molecule has 0 fully saturated rings. The fraction of sp³-hybridized carbons (Fsp3) is 0.154. The average molecular weight is 474 g/mol. The third-order valence-electron chi connectivity index (χ3n) is 4.96. The summed E-state index contributed by atoms with van der Waals surface area (Å²) in [6.07, 6.45) is 3.13. The third kappa shape index (κ3) is 5.13. The van der Waals surface area contributed by atoms with Crippen molar-refractivity contribution in [3.05, 3.63) is 98.9 Å². The number of nitrogens with zero attached hydrogens (tertiary/aromatic N) is 2. The van der Waals surface area contributed by atoms with E-state index in [-0.39, 0.29) is 23.6 Å². The second-order valence-electron chi connectivity index (χ2n) is 8.02. The predicted molar refractivity (Wildman–Crippen MR) is 133 cm³/mol. The Balaban J connectivity index is 1.64. The molecule has 0 unspecified atom stereocenters. The van der Waals surface area contributed by atoms with Gasteiger partial charge in [0.05, 0.1) is 5.69 Å². The van der Waals surface area contributed by atoms with E-state index in [1.54, 1.807) is 12.3 Å². The van der Waals surface area contributed by atoms with Crippen LogP contribution in [0.5, 0.6) is 0 Å². The van der Waals surface area contributed by atoms with E-state index in [0.29, 0.717) is 21.9 Å². The Kier molecular flexibility index (Phi) is 6.70. The highest BCUT2D eigenvalue weighted by Crippen LogP contribution is 2.36. The summed E-state index contributed by atoms with van der Waals surface area (Å²) in [6, 6.07) is 14.4. The lowest BCUT2D eigenvalue weighted by molar-refractivity contribution is -0.111. The molecular formula is C26H23N3O4S. The Hall–Kier alpha value is -4.04. The Labute approximate surface area is 200 Å². The number of aryl methyl sites for hydroxylation is 1. The number of benzene rings is 1. The summed E-state index contributed by atoms with van der Waals surface area (Å²) in [5, 5.41) is 4.99. The first-order chi connectivity index (χ1) is 16.3. The van der Waals surface area contributed by atoms with Crippen molar-refractivity contribution in [2.75, 3.05) is 5.32 Å². The van der Waals surface area contributed by atoms with Crippen molar-refractivity contribution in [1.82, 2.24) is 9.38 Å². The van der Waals surface area contributed by atoms with Gasteiger partial charge in [-0.2, -0.15) is 0 Å². The molecule has 1 N–H and O–H groups in total. The summed E-state index contributed by atoms with van der Waals surface area (Å²) in [5.41, 5.74) is 4.11. The summed E-state index contributed by atoms with van der Waals surface area (Å²) in [7, 11) is 0. The van der Waals surface area contributed by atoms with Gasteiger partial charge in [0.15, 0.2) is 0 Å². The van der Waals surface area contributed by atoms with Crippen molar-refractivity contribution < 1.29 is 14.3 Å². The second-order valence-corrected chi connectivity index (χ2v) is 8.90. The van der Waals surface area contributed by atoms with Gasteiger partial charge in [-0.1, -0.05) is 35.9 Å². The first kappa shape index (κ1) is 23.1. The summed E-state index contributed by atoms with van der Waals surface area (Å²) < 4.78 is 6.99. The Morgan fingerprint density at radius 3 is 2.65 bits per heavy atom. The largest absolute Gasteiger partial charge is 0.455 e. The van der Waals surface area contributed by atoms with E-state index in [4.69, 9.17) is 4.74 Å². The zero-order valence-corrected chi connectivity index (χ0v) is 19.8. The van der Waals surface area contributed by atoms with Crippen molar-refractivity contribution in [3.8, 4) is 11.1 Å². The standard InChI is InChI=1S/C26H23N3O4S/c1-16(2)11-22(30)28-25-24(20(15-34-25)18-7-5-4-6-8-18)26(32)33-14-19-13-23(31)29-10-9-17(3)12-21(29)27-19/h4-13,15H,14H2,1-3H3,(H,28,30). The number of nitrogens with one attached hydrogen (secondary N) is 1. The van der Waals surface area contributed by atoms with E-state index >= 15 is 0 Å². The van der Waals surface area contributed by atoms with Crippen LogP contribution in [-0.2, 0) is 16.1 Å². The molecule has 7 nitrogen and oxygen atoms in total. The Morgan fingerprint density at radius 2 is 1.91 bits per heavy atom. The fourth-order valence-electron chi connectivity index (χ4n) is 3.43. The van der Waals surface area contributed by atoms with Crippen LogP contribution >= 0.6 is 11.3 Å². The molecule has 4 aromatic rings. The second kappa shape index (κ2) is 9.84. The van der Waals surface area contributed by atoms with Crippen LogP contribution in [-0.4, -0.2) is 21.3 Å². The molecule has 0 atom stereocenters. The van der Waals surface area contributed by atoms with Crippen molar-refractivity contribution in [2.45, 2.75) is 27.4 Å². The third-order valence-corrected chi connectivity index (χ3v) is 5.86. The minimum Gasteiger partial charge on any atom is -0.455 e. The van der Waals surface area contributed by atoms with Gasteiger partial charge in [0.1, 0.15) is 22.8 Å². The number of pyridine rings is 1. The molecule has 4 rings (SSSR count). The van der Waals surface area contributed by atoms with Gasteiger partial charge in [-0.15, -0.1) is 11.3 Å². The SMILES string of the molecule is CC(C)=CC(=O)Nc1scc(-c2ccccc2)c1C(=O)OCc1cc(=O)n2ccc(C)cc2n1. The lowest BCUT2D eigenvalue weighted by Crippen LogP contribution is -2.17. The van der Waals surface area contributed by atoms with E-state index in [9.17, 15) is 14.4 Å². The number of hydrogen-bond acceptors (Lipinski definition) is 6. The maximum Gasteiger partial charge on any atom is 0.342 e. The molecule has 0 saturated heterocycles. The highest BCUT2D eigenvalue weighted by Gasteiger charge is 2.23. The molecule has 0 spiro atoms. The molecule has 1 aromatic carbocycles. The first-order valence-corrected chi connectivity index (χ1v) is 11.5. The highest BCUT2D eigenvalue weighted by atomic mass is 32.1. The van der Waals surface area contributed by atoms with E-state index in [2.05, 4.69) is 10.3 Å². The quantitative estimate of drug-likeness (QED) is 0.315. The molecule has 0 aliphatic rings. The van der Waals surface area contributed by atoms with E-state index in [1.165, 1.54) is 27.9 Å². The van der Waals surface area contributed by atoms with Gasteiger partial charge >= 0.3 is 5.97 Å². The minimum absolute atomic E-state index is 0.177. The van der Waals surface area contributed by atoms with Crippen LogP contribution in [0.15, 0.2) is 76.6 Å². The average Bonchev–Trinajstić information content (AvgIpc) is 3.20. The van der Waals surface area contributed by atoms with Crippen molar-refractivity contribution in [2.24, 2.45) is 0 Å². The number of carbonyl (C=O) groups is 2. The van der Waals surface area contributed by atoms with Crippen molar-refractivity contribution >= 4 is 33.9 Å². The highest BCUT2D eigenvalue weighted by molar-refractivity contribution is 7.15. The maximum atomic E-state index is 13.2. The molecule has 0 bridgehead atoms. The van der Waals surface area contributed by atoms with Gasteiger partial charge in [0.25, 0.3) is 5.56 Å². The molecule has 3 heterocycles. The van der Waals surface area contributed by atoms with Crippen LogP contribution in [0.25, 0.3) is 16.8 Å². The molecule has 3 aromatic heterocycles. The van der Waals surface area contributed by atoms with Crippen LogP contribution in [0.2, 0.25) is 0 Å². The number of amides is 1. The van der Waals surface area contributed by atoms with Crippen molar-refractivity contribution in [3.63, 3.8) is 0 Å². The smallest absolute Gasteiger partial charge is 0.342 e. The fourth-order valence-corrected chi connectivity index (χ4v) is 4.39. The minimum atomic E-state index is -0.612. The number of anilines is 1. The Bertz CT molecular complexity index is 1460. The van der Waals surface area contributed by atoms with Crippen LogP contribution in [0.3, 0.4) is 0 Å². The molecule has 8 heteroatoms. The number of allylic oxidation sites excluding steroid dienone is 1. The molecular weight excluding hydrogens is 450 g/mol. The predicted octanol–water partition coefficient (Wildman–Crippen LogP) is 4.99. The summed E-state index contributed by atoms with van der Waals surface area (Å²) in [6.45, 7) is 5.37. The number of hydrogen-bond donors (Lipinski definition) is 1. The molecule has 0 radical (unpaired) electrons. The van der Waals surface area contributed by atoms with Gasteiger partial charge in [-0.05, 0) is 44.0 Å². The lowest BCUT2D eigenvalue weighted by Gasteiger charge is -2.10. The molecule has 0 aliphatic heterocycles. The van der Waals surface area contributed by atoms with E-state index < -0.39 is 5.97 Å². The molecule has 172 valence electrons. The number of aromatic nitrogens is 2. The van der Waals surface area contributed by atoms with Gasteiger partial charge in [0.2, 0.25) is 5.91 Å². The van der Waals surface area contributed by atoms with Gasteiger partial charge in [-0.3, -0.25) is 14.0 Å². The maximum absolute atomic E-state index is 13.2. The summed E-state index contributed by atoms with van der Waals surface area (Å²) in [4.78, 5) is 42.4.